The lowest BCUT2D eigenvalue weighted by molar-refractivity contribution is 0.0953. The van der Waals surface area contributed by atoms with E-state index >= 15 is 0 Å². The number of halogens is 1. The van der Waals surface area contributed by atoms with E-state index in [4.69, 9.17) is 25.5 Å². The molecule has 9 heteroatoms. The first kappa shape index (κ1) is 23.4. The second kappa shape index (κ2) is 10.0. The van der Waals surface area contributed by atoms with Gasteiger partial charge in [-0.3, -0.25) is 9.59 Å². The number of hydrogen-bond acceptors (Lipinski definition) is 6. The number of rotatable bonds is 6. The highest BCUT2D eigenvalue weighted by Crippen LogP contribution is 2.33. The molecular formula is C25H24ClN3O5. The summed E-state index contributed by atoms with van der Waals surface area (Å²) in [6.07, 6.45) is 2.10. The van der Waals surface area contributed by atoms with Gasteiger partial charge >= 0.3 is 0 Å². The monoisotopic (exact) mass is 481 g/mol. The lowest BCUT2D eigenvalue weighted by Gasteiger charge is -2.13. The molecule has 0 unspecified atom stereocenters. The van der Waals surface area contributed by atoms with Crippen molar-refractivity contribution in [3.8, 4) is 11.5 Å². The molecule has 0 saturated carbocycles. The van der Waals surface area contributed by atoms with Crippen LogP contribution in [0.4, 0.5) is 5.69 Å². The Bertz CT molecular complexity index is 1280. The number of methoxy groups -OCH3 is 2. The second-order valence-electron chi connectivity index (χ2n) is 7.71. The van der Waals surface area contributed by atoms with Gasteiger partial charge in [0.25, 0.3) is 11.8 Å². The van der Waals surface area contributed by atoms with Gasteiger partial charge in [0, 0.05) is 23.6 Å². The Morgan fingerprint density at radius 1 is 1.06 bits per heavy atom. The molecule has 2 aromatic carbocycles. The number of ether oxygens (including phenoxy) is 2. The van der Waals surface area contributed by atoms with Gasteiger partial charge in [0.1, 0.15) is 17.3 Å². The highest BCUT2D eigenvalue weighted by atomic mass is 35.5. The van der Waals surface area contributed by atoms with E-state index in [0.29, 0.717) is 57.6 Å². The van der Waals surface area contributed by atoms with Crippen molar-refractivity contribution in [2.75, 3.05) is 19.5 Å². The fraction of sp³-hybridized carbons (Fsp3) is 0.240. The van der Waals surface area contributed by atoms with Gasteiger partial charge in [-0.05, 0) is 44.0 Å². The number of hydrazone groups is 1. The Kier molecular flexibility index (Phi) is 6.88. The fourth-order valence-corrected chi connectivity index (χ4v) is 4.12. The van der Waals surface area contributed by atoms with E-state index in [1.54, 1.807) is 56.5 Å². The van der Waals surface area contributed by atoms with Crippen LogP contribution in [-0.2, 0) is 6.42 Å². The molecule has 34 heavy (non-hydrogen) atoms. The van der Waals surface area contributed by atoms with Crippen molar-refractivity contribution in [3.63, 3.8) is 0 Å². The van der Waals surface area contributed by atoms with Gasteiger partial charge in [0.15, 0.2) is 5.76 Å². The third-order valence-corrected chi connectivity index (χ3v) is 5.93. The largest absolute Gasteiger partial charge is 0.497 e. The average molecular weight is 482 g/mol. The van der Waals surface area contributed by atoms with Gasteiger partial charge in [-0.15, -0.1) is 0 Å². The molecule has 0 radical (unpaired) electrons. The Labute approximate surface area is 201 Å². The molecule has 1 heterocycles. The number of fused-ring (bicyclic) bond motifs is 1. The van der Waals surface area contributed by atoms with Crippen molar-refractivity contribution < 1.29 is 23.5 Å². The topological polar surface area (TPSA) is 102 Å². The Hall–Kier alpha value is -3.78. The lowest BCUT2D eigenvalue weighted by atomic mass is 9.93. The van der Waals surface area contributed by atoms with Crippen LogP contribution in [0, 0.1) is 6.92 Å². The molecule has 2 N–H and O–H groups in total. The zero-order valence-corrected chi connectivity index (χ0v) is 19.8. The van der Waals surface area contributed by atoms with Gasteiger partial charge in [-0.25, -0.2) is 5.43 Å². The Morgan fingerprint density at radius 3 is 2.59 bits per heavy atom. The van der Waals surface area contributed by atoms with Gasteiger partial charge in [0.2, 0.25) is 0 Å². The SMILES string of the molecule is COc1ccc(NC(=O)c2oc3c(c2C)/C(=N/NC(=O)c2ccccc2Cl)CCC3)c(OC)c1. The summed E-state index contributed by atoms with van der Waals surface area (Å²) in [4.78, 5) is 25.6. The molecule has 0 spiro atoms. The van der Waals surface area contributed by atoms with Crippen LogP contribution in [0.2, 0.25) is 5.02 Å². The molecule has 0 atom stereocenters. The first-order valence-corrected chi connectivity index (χ1v) is 11.1. The number of nitrogens with one attached hydrogen (secondary N) is 2. The zero-order chi connectivity index (χ0) is 24.2. The molecule has 1 aliphatic carbocycles. The number of carbonyl (C=O) groups is 2. The second-order valence-corrected chi connectivity index (χ2v) is 8.11. The predicted molar refractivity (Wildman–Crippen MR) is 129 cm³/mol. The van der Waals surface area contributed by atoms with E-state index in [9.17, 15) is 9.59 Å². The number of benzene rings is 2. The molecule has 0 fully saturated rings. The standard InChI is InChI=1S/C25H24ClN3O5/c1-14-22-19(28-29-24(30)16-7-4-5-8-17(16)26)9-6-10-20(22)34-23(14)25(31)27-18-12-11-15(32-2)13-21(18)33-3/h4-5,7-8,11-13H,6,9-10H2,1-3H3,(H,27,31)(H,29,30)/b28-19+. The fourth-order valence-electron chi connectivity index (χ4n) is 3.90. The molecule has 1 aromatic heterocycles. The number of carbonyl (C=O) groups excluding carboxylic acids is 2. The summed E-state index contributed by atoms with van der Waals surface area (Å²) in [7, 11) is 3.07. The van der Waals surface area contributed by atoms with E-state index in [0.717, 1.165) is 12.0 Å². The van der Waals surface area contributed by atoms with Gasteiger partial charge < -0.3 is 19.2 Å². The minimum absolute atomic E-state index is 0.190. The van der Waals surface area contributed by atoms with Crippen molar-refractivity contribution in [2.45, 2.75) is 26.2 Å². The van der Waals surface area contributed by atoms with Crippen molar-refractivity contribution in [2.24, 2.45) is 5.10 Å². The summed E-state index contributed by atoms with van der Waals surface area (Å²) in [6.45, 7) is 1.80. The molecule has 1 aliphatic rings. The third kappa shape index (κ3) is 4.63. The van der Waals surface area contributed by atoms with Crippen LogP contribution in [0.25, 0.3) is 0 Å². The lowest BCUT2D eigenvalue weighted by Crippen LogP contribution is -2.22. The van der Waals surface area contributed by atoms with Crippen LogP contribution in [-0.4, -0.2) is 31.7 Å². The van der Waals surface area contributed by atoms with Crippen LogP contribution >= 0.6 is 11.6 Å². The van der Waals surface area contributed by atoms with E-state index in [1.807, 2.05) is 0 Å². The summed E-state index contributed by atoms with van der Waals surface area (Å²) >= 11 is 6.11. The van der Waals surface area contributed by atoms with Crippen LogP contribution < -0.4 is 20.2 Å². The number of furan rings is 1. The van der Waals surface area contributed by atoms with Gasteiger partial charge in [-0.1, -0.05) is 23.7 Å². The molecule has 0 saturated heterocycles. The molecule has 0 aliphatic heterocycles. The number of amides is 2. The summed E-state index contributed by atoms with van der Waals surface area (Å²) in [6, 6.07) is 11.9. The van der Waals surface area contributed by atoms with Gasteiger partial charge in [-0.2, -0.15) is 5.10 Å². The highest BCUT2D eigenvalue weighted by molar-refractivity contribution is 6.33. The number of nitrogens with zero attached hydrogens (tertiary/aromatic N) is 1. The third-order valence-electron chi connectivity index (χ3n) is 5.60. The van der Waals surface area contributed by atoms with Crippen molar-refractivity contribution in [1.29, 1.82) is 0 Å². The number of aryl methyl sites for hydroxylation is 1. The van der Waals surface area contributed by atoms with Crippen LogP contribution in [0.3, 0.4) is 0 Å². The first-order chi connectivity index (χ1) is 16.4. The summed E-state index contributed by atoms with van der Waals surface area (Å²) in [5.74, 6) is 1.12. The zero-order valence-electron chi connectivity index (χ0n) is 19.0. The summed E-state index contributed by atoms with van der Waals surface area (Å²) in [5, 5.41) is 7.52. The maximum absolute atomic E-state index is 13.1. The average Bonchev–Trinajstić information content (AvgIpc) is 3.20. The number of hydrogen-bond donors (Lipinski definition) is 2. The minimum Gasteiger partial charge on any atom is -0.497 e. The molecule has 4 rings (SSSR count). The Balaban J connectivity index is 1.58. The normalized spacial score (nSPS) is 13.8. The van der Waals surface area contributed by atoms with Crippen LogP contribution in [0.15, 0.2) is 52.0 Å². The van der Waals surface area contributed by atoms with Gasteiger partial charge in [0.05, 0.1) is 36.2 Å². The molecule has 3 aromatic rings. The van der Waals surface area contributed by atoms with E-state index < -0.39 is 11.8 Å². The van der Waals surface area contributed by atoms with E-state index in [2.05, 4.69) is 15.8 Å². The van der Waals surface area contributed by atoms with E-state index in [-0.39, 0.29) is 5.76 Å². The van der Waals surface area contributed by atoms with Crippen molar-refractivity contribution in [1.82, 2.24) is 5.43 Å². The minimum atomic E-state index is -0.408. The molecule has 8 nitrogen and oxygen atoms in total. The smallest absolute Gasteiger partial charge is 0.291 e. The predicted octanol–water partition coefficient (Wildman–Crippen LogP) is 4.98. The van der Waals surface area contributed by atoms with Crippen molar-refractivity contribution >= 4 is 34.8 Å². The Morgan fingerprint density at radius 2 is 1.85 bits per heavy atom. The molecule has 2 amide bonds. The summed E-state index contributed by atoms with van der Waals surface area (Å²) in [5.41, 5.74) is 5.46. The van der Waals surface area contributed by atoms with Crippen LogP contribution in [0.1, 0.15) is 50.6 Å². The molecule has 176 valence electrons. The molecule has 0 bridgehead atoms. The van der Waals surface area contributed by atoms with E-state index in [1.165, 1.54) is 7.11 Å². The highest BCUT2D eigenvalue weighted by Gasteiger charge is 2.28. The first-order valence-electron chi connectivity index (χ1n) is 10.7. The maximum Gasteiger partial charge on any atom is 0.291 e. The van der Waals surface area contributed by atoms with Crippen LogP contribution in [0.5, 0.6) is 11.5 Å². The van der Waals surface area contributed by atoms with Crippen molar-refractivity contribution in [3.05, 3.63) is 75.7 Å². The summed E-state index contributed by atoms with van der Waals surface area (Å²) < 4.78 is 16.5. The quantitative estimate of drug-likeness (QED) is 0.483. The number of anilines is 1. The maximum atomic E-state index is 13.1. The molecular weight excluding hydrogens is 458 g/mol.